The van der Waals surface area contributed by atoms with Gasteiger partial charge in [0.1, 0.15) is 5.56 Å². The van der Waals surface area contributed by atoms with Crippen molar-refractivity contribution in [3.05, 3.63) is 33.7 Å². The summed E-state index contributed by atoms with van der Waals surface area (Å²) >= 11 is 0. The van der Waals surface area contributed by atoms with Crippen LogP contribution < -0.4 is 11.3 Å². The standard InChI is InChI=1S/C13H19N3O2/c1-9-3-2-6-16(7-9)8-10-4-5-11(12(14)17)13(18)15-10/h4-5,9H,2-3,6-8H2,1H3,(H2,14,17)(H,15,18). The van der Waals surface area contributed by atoms with Crippen LogP contribution in [-0.4, -0.2) is 28.9 Å². The van der Waals surface area contributed by atoms with E-state index in [4.69, 9.17) is 5.73 Å². The number of piperidine rings is 1. The molecule has 18 heavy (non-hydrogen) atoms. The molecule has 3 N–H and O–H groups in total. The highest BCUT2D eigenvalue weighted by Gasteiger charge is 2.17. The highest BCUT2D eigenvalue weighted by Crippen LogP contribution is 2.16. The molecule has 1 fully saturated rings. The number of pyridine rings is 1. The zero-order valence-electron chi connectivity index (χ0n) is 10.6. The summed E-state index contributed by atoms with van der Waals surface area (Å²) < 4.78 is 0. The Morgan fingerprint density at radius 1 is 1.56 bits per heavy atom. The fraction of sp³-hybridized carbons (Fsp3) is 0.538. The average Bonchev–Trinajstić information content (AvgIpc) is 2.28. The zero-order valence-corrected chi connectivity index (χ0v) is 10.6. The number of hydrogen-bond acceptors (Lipinski definition) is 3. The van der Waals surface area contributed by atoms with Crippen LogP contribution in [0.2, 0.25) is 0 Å². The second-order valence-electron chi connectivity index (χ2n) is 5.07. The largest absolute Gasteiger partial charge is 0.365 e. The summed E-state index contributed by atoms with van der Waals surface area (Å²) in [6.07, 6.45) is 2.47. The van der Waals surface area contributed by atoms with E-state index in [1.54, 1.807) is 6.07 Å². The molecule has 1 aromatic rings. The van der Waals surface area contributed by atoms with Crippen molar-refractivity contribution < 1.29 is 4.79 Å². The van der Waals surface area contributed by atoms with E-state index < -0.39 is 11.5 Å². The number of nitrogens with two attached hydrogens (primary N) is 1. The van der Waals surface area contributed by atoms with Gasteiger partial charge in [0.25, 0.3) is 11.5 Å². The summed E-state index contributed by atoms with van der Waals surface area (Å²) in [5.41, 5.74) is 5.55. The van der Waals surface area contributed by atoms with Crippen LogP contribution >= 0.6 is 0 Å². The van der Waals surface area contributed by atoms with Crippen LogP contribution in [0.1, 0.15) is 35.8 Å². The number of carbonyl (C=O) groups excluding carboxylic acids is 1. The van der Waals surface area contributed by atoms with Gasteiger partial charge >= 0.3 is 0 Å². The predicted molar refractivity (Wildman–Crippen MR) is 69.3 cm³/mol. The number of H-pyrrole nitrogens is 1. The summed E-state index contributed by atoms with van der Waals surface area (Å²) in [6, 6.07) is 3.27. The van der Waals surface area contributed by atoms with Crippen molar-refractivity contribution in [1.29, 1.82) is 0 Å². The van der Waals surface area contributed by atoms with Gasteiger partial charge in [-0.1, -0.05) is 6.92 Å². The molecule has 0 radical (unpaired) electrons. The van der Waals surface area contributed by atoms with Gasteiger partial charge in [0.2, 0.25) is 0 Å². The number of aromatic nitrogens is 1. The first kappa shape index (κ1) is 12.8. The lowest BCUT2D eigenvalue weighted by Gasteiger charge is -2.30. The molecule has 1 aromatic heterocycles. The molecule has 1 saturated heterocycles. The molecule has 0 aliphatic carbocycles. The maximum Gasteiger partial charge on any atom is 0.261 e. The Kier molecular flexibility index (Phi) is 3.81. The summed E-state index contributed by atoms with van der Waals surface area (Å²) in [5.74, 6) is 0.0183. The van der Waals surface area contributed by atoms with E-state index >= 15 is 0 Å². The topological polar surface area (TPSA) is 79.2 Å². The average molecular weight is 249 g/mol. The van der Waals surface area contributed by atoms with Gasteiger partial charge in [0.15, 0.2) is 0 Å². The molecule has 98 valence electrons. The van der Waals surface area contributed by atoms with E-state index in [2.05, 4.69) is 16.8 Å². The first-order valence-corrected chi connectivity index (χ1v) is 6.30. The Morgan fingerprint density at radius 2 is 2.33 bits per heavy atom. The number of hydrogen-bond donors (Lipinski definition) is 2. The first-order valence-electron chi connectivity index (χ1n) is 6.30. The lowest BCUT2D eigenvalue weighted by atomic mass is 10.0. The summed E-state index contributed by atoms with van der Waals surface area (Å²) in [5, 5.41) is 0. The number of primary amides is 1. The van der Waals surface area contributed by atoms with E-state index in [0.29, 0.717) is 5.92 Å². The van der Waals surface area contributed by atoms with Crippen molar-refractivity contribution in [3.8, 4) is 0 Å². The normalized spacial score (nSPS) is 20.8. The van der Waals surface area contributed by atoms with Crippen LogP contribution in [0.25, 0.3) is 0 Å². The van der Waals surface area contributed by atoms with Crippen molar-refractivity contribution in [1.82, 2.24) is 9.88 Å². The van der Waals surface area contributed by atoms with Crippen molar-refractivity contribution in [2.45, 2.75) is 26.3 Å². The minimum atomic E-state index is -0.686. The number of likely N-dealkylation sites (tertiary alicyclic amines) is 1. The van der Waals surface area contributed by atoms with E-state index in [9.17, 15) is 9.59 Å². The van der Waals surface area contributed by atoms with Gasteiger partial charge in [-0.2, -0.15) is 0 Å². The third kappa shape index (κ3) is 2.98. The van der Waals surface area contributed by atoms with Crippen molar-refractivity contribution in [2.75, 3.05) is 13.1 Å². The number of rotatable bonds is 3. The molecule has 1 aliphatic heterocycles. The van der Waals surface area contributed by atoms with Crippen LogP contribution in [0.5, 0.6) is 0 Å². The molecular formula is C13H19N3O2. The van der Waals surface area contributed by atoms with Crippen molar-refractivity contribution >= 4 is 5.91 Å². The van der Waals surface area contributed by atoms with Gasteiger partial charge < -0.3 is 10.7 Å². The molecule has 0 bridgehead atoms. The first-order chi connectivity index (χ1) is 8.56. The maximum absolute atomic E-state index is 11.6. The highest BCUT2D eigenvalue weighted by atomic mass is 16.2. The molecule has 0 spiro atoms. The predicted octanol–water partition coefficient (Wildman–Crippen LogP) is 0.706. The van der Waals surface area contributed by atoms with Gasteiger partial charge in [0.05, 0.1) is 0 Å². The molecule has 2 heterocycles. The monoisotopic (exact) mass is 249 g/mol. The third-order valence-electron chi connectivity index (χ3n) is 3.37. The lowest BCUT2D eigenvalue weighted by Crippen LogP contribution is -2.34. The summed E-state index contributed by atoms with van der Waals surface area (Å²) in [7, 11) is 0. The summed E-state index contributed by atoms with van der Waals surface area (Å²) in [4.78, 5) is 27.6. The third-order valence-corrected chi connectivity index (χ3v) is 3.37. The van der Waals surface area contributed by atoms with E-state index in [0.717, 1.165) is 25.3 Å². The number of nitrogens with one attached hydrogen (secondary N) is 1. The fourth-order valence-electron chi connectivity index (χ4n) is 2.47. The Labute approximate surface area is 106 Å². The smallest absolute Gasteiger partial charge is 0.261 e. The molecule has 1 atom stereocenters. The van der Waals surface area contributed by atoms with Gasteiger partial charge in [-0.3, -0.25) is 14.5 Å². The molecule has 0 aromatic carbocycles. The molecule has 5 nitrogen and oxygen atoms in total. The maximum atomic E-state index is 11.6. The van der Waals surface area contributed by atoms with Gasteiger partial charge in [0, 0.05) is 18.8 Å². The Hall–Kier alpha value is -1.62. The molecule has 5 heteroatoms. The van der Waals surface area contributed by atoms with E-state index in [1.165, 1.54) is 18.9 Å². The minimum Gasteiger partial charge on any atom is -0.365 e. The van der Waals surface area contributed by atoms with Crippen LogP contribution in [0.3, 0.4) is 0 Å². The second kappa shape index (κ2) is 5.35. The van der Waals surface area contributed by atoms with Crippen molar-refractivity contribution in [2.24, 2.45) is 11.7 Å². The van der Waals surface area contributed by atoms with Gasteiger partial charge in [-0.25, -0.2) is 0 Å². The Balaban J connectivity index is 2.08. The molecule has 1 amide bonds. The van der Waals surface area contributed by atoms with Crippen LogP contribution in [0.4, 0.5) is 0 Å². The molecular weight excluding hydrogens is 230 g/mol. The quantitative estimate of drug-likeness (QED) is 0.827. The SMILES string of the molecule is CC1CCCN(Cc2ccc(C(N)=O)c(=O)[nH]2)C1. The lowest BCUT2D eigenvalue weighted by molar-refractivity contribution is 0.0999. The zero-order chi connectivity index (χ0) is 13.1. The van der Waals surface area contributed by atoms with Crippen LogP contribution in [0.15, 0.2) is 16.9 Å². The van der Waals surface area contributed by atoms with Gasteiger partial charge in [-0.15, -0.1) is 0 Å². The second-order valence-corrected chi connectivity index (χ2v) is 5.07. The molecule has 2 rings (SSSR count). The molecule has 1 aliphatic rings. The number of amides is 1. The van der Waals surface area contributed by atoms with E-state index in [-0.39, 0.29) is 5.56 Å². The number of nitrogens with zero attached hydrogens (tertiary/aromatic N) is 1. The van der Waals surface area contributed by atoms with Crippen LogP contribution in [0, 0.1) is 5.92 Å². The number of aromatic amines is 1. The fourth-order valence-corrected chi connectivity index (χ4v) is 2.47. The van der Waals surface area contributed by atoms with Gasteiger partial charge in [-0.05, 0) is 37.4 Å². The van der Waals surface area contributed by atoms with Crippen molar-refractivity contribution in [3.63, 3.8) is 0 Å². The Bertz CT molecular complexity index is 495. The Morgan fingerprint density at radius 3 is 2.94 bits per heavy atom. The minimum absolute atomic E-state index is 0.0192. The summed E-state index contributed by atoms with van der Waals surface area (Å²) in [6.45, 7) is 5.08. The highest BCUT2D eigenvalue weighted by molar-refractivity contribution is 5.92. The van der Waals surface area contributed by atoms with Crippen LogP contribution in [-0.2, 0) is 6.54 Å². The van der Waals surface area contributed by atoms with E-state index in [1.807, 2.05) is 0 Å². The number of carbonyl (C=O) groups is 1. The molecule has 1 unspecified atom stereocenters. The molecule has 0 saturated carbocycles.